The largest absolute Gasteiger partial charge is 0.322 e. The maximum absolute atomic E-state index is 12.2. The van der Waals surface area contributed by atoms with E-state index in [2.05, 4.69) is 12.2 Å². The van der Waals surface area contributed by atoms with Crippen LogP contribution in [0.2, 0.25) is 0 Å². The second-order valence-corrected chi connectivity index (χ2v) is 6.75. The number of anilines is 1. The maximum atomic E-state index is 12.2. The molecule has 0 aliphatic carbocycles. The Balaban J connectivity index is 2.20. The monoisotopic (exact) mass is 333 g/mol. The summed E-state index contributed by atoms with van der Waals surface area (Å²) < 4.78 is 31.8. The van der Waals surface area contributed by atoms with E-state index in [4.69, 9.17) is 0 Å². The van der Waals surface area contributed by atoms with Crippen molar-refractivity contribution in [1.82, 2.24) is 0 Å². The fourth-order valence-electron chi connectivity index (χ4n) is 2.27. The Morgan fingerprint density at radius 2 is 1.78 bits per heavy atom. The molecule has 2 rings (SSSR count). The van der Waals surface area contributed by atoms with Crippen LogP contribution in [0, 0.1) is 6.92 Å². The molecule has 23 heavy (non-hydrogen) atoms. The lowest BCUT2D eigenvalue weighted by Crippen LogP contribution is -2.12. The van der Waals surface area contributed by atoms with Crippen molar-refractivity contribution in [3.8, 4) is 0 Å². The van der Waals surface area contributed by atoms with Crippen molar-refractivity contribution < 1.29 is 17.8 Å². The summed E-state index contributed by atoms with van der Waals surface area (Å²) in [6.45, 7) is 3.66. The molecule has 2 N–H and O–H groups in total. The Morgan fingerprint density at radius 1 is 1.13 bits per heavy atom. The fourth-order valence-corrected chi connectivity index (χ4v) is 3.02. The number of nitrogens with one attached hydrogen (secondary N) is 1. The summed E-state index contributed by atoms with van der Waals surface area (Å²) in [6, 6.07) is 11.6. The highest BCUT2D eigenvalue weighted by Gasteiger charge is 2.15. The van der Waals surface area contributed by atoms with Gasteiger partial charge in [-0.05, 0) is 48.7 Å². The van der Waals surface area contributed by atoms with Crippen molar-refractivity contribution in [1.29, 1.82) is 0 Å². The van der Waals surface area contributed by atoms with E-state index in [-0.39, 0.29) is 10.8 Å². The quantitative estimate of drug-likeness (QED) is 0.821. The molecular weight excluding hydrogens is 314 g/mol. The minimum Gasteiger partial charge on any atom is -0.322 e. The van der Waals surface area contributed by atoms with Crippen molar-refractivity contribution in [2.45, 2.75) is 31.6 Å². The molecule has 6 heteroatoms. The van der Waals surface area contributed by atoms with Gasteiger partial charge in [0.15, 0.2) is 0 Å². The summed E-state index contributed by atoms with van der Waals surface area (Å²) in [4.78, 5) is 12.0. The van der Waals surface area contributed by atoms with Crippen LogP contribution in [0.15, 0.2) is 47.4 Å². The van der Waals surface area contributed by atoms with Crippen LogP contribution in [-0.2, 0) is 16.5 Å². The summed E-state index contributed by atoms with van der Waals surface area (Å²) in [5, 5.41) is 2.63. The molecular formula is C17H19NO4S. The van der Waals surface area contributed by atoms with E-state index >= 15 is 0 Å². The van der Waals surface area contributed by atoms with Gasteiger partial charge in [-0.3, -0.25) is 9.35 Å². The predicted octanol–water partition coefficient (Wildman–Crippen LogP) is 3.45. The molecule has 0 saturated carbocycles. The minimum absolute atomic E-state index is 0.214. The molecule has 122 valence electrons. The van der Waals surface area contributed by atoms with E-state index in [1.165, 1.54) is 12.1 Å². The summed E-state index contributed by atoms with van der Waals surface area (Å²) >= 11 is 0. The molecule has 5 nitrogen and oxygen atoms in total. The average Bonchev–Trinajstić information content (AvgIpc) is 2.49. The number of amides is 1. The van der Waals surface area contributed by atoms with E-state index < -0.39 is 10.1 Å². The molecule has 0 unspecified atom stereocenters. The zero-order valence-electron chi connectivity index (χ0n) is 13.0. The van der Waals surface area contributed by atoms with Gasteiger partial charge in [0.2, 0.25) is 0 Å². The summed E-state index contributed by atoms with van der Waals surface area (Å²) in [7, 11) is -4.32. The van der Waals surface area contributed by atoms with Crippen LogP contribution in [0.1, 0.15) is 34.8 Å². The first kappa shape index (κ1) is 17.2. The van der Waals surface area contributed by atoms with E-state index in [0.717, 1.165) is 18.4 Å². The number of aryl methyl sites for hydroxylation is 2. The lowest BCUT2D eigenvalue weighted by molar-refractivity contribution is 0.102. The summed E-state index contributed by atoms with van der Waals surface area (Å²) in [5.74, 6) is -0.335. The van der Waals surface area contributed by atoms with Crippen LogP contribution in [-0.4, -0.2) is 18.9 Å². The van der Waals surface area contributed by atoms with Gasteiger partial charge in [-0.15, -0.1) is 0 Å². The van der Waals surface area contributed by atoms with Gasteiger partial charge in [-0.25, -0.2) is 0 Å². The van der Waals surface area contributed by atoms with Crippen LogP contribution in [0.3, 0.4) is 0 Å². The number of rotatable bonds is 5. The van der Waals surface area contributed by atoms with Crippen molar-refractivity contribution in [3.63, 3.8) is 0 Å². The van der Waals surface area contributed by atoms with Crippen molar-refractivity contribution in [2.75, 3.05) is 5.32 Å². The second-order valence-electron chi connectivity index (χ2n) is 5.36. The molecule has 0 saturated heterocycles. The first-order chi connectivity index (χ1) is 10.8. The molecule has 1 amide bonds. The molecule has 2 aromatic rings. The van der Waals surface area contributed by atoms with E-state index in [0.29, 0.717) is 16.8 Å². The molecule has 0 spiro atoms. The third kappa shape index (κ3) is 4.40. The Hall–Kier alpha value is -2.18. The molecule has 0 bridgehead atoms. The highest BCUT2D eigenvalue weighted by Crippen LogP contribution is 2.20. The van der Waals surface area contributed by atoms with Gasteiger partial charge in [0.05, 0.1) is 4.90 Å². The number of hydrogen-bond donors (Lipinski definition) is 2. The van der Waals surface area contributed by atoms with E-state index in [1.807, 2.05) is 12.1 Å². The molecule has 0 atom stereocenters. The highest BCUT2D eigenvalue weighted by molar-refractivity contribution is 7.85. The molecule has 0 radical (unpaired) electrons. The zero-order valence-corrected chi connectivity index (χ0v) is 13.9. The molecule has 0 aliphatic heterocycles. The highest BCUT2D eigenvalue weighted by atomic mass is 32.2. The van der Waals surface area contributed by atoms with E-state index in [1.54, 1.807) is 25.1 Å². The Kier molecular flexibility index (Phi) is 5.18. The minimum atomic E-state index is -4.32. The van der Waals surface area contributed by atoms with Gasteiger partial charge < -0.3 is 5.32 Å². The number of hydrogen-bond acceptors (Lipinski definition) is 3. The third-order valence-corrected chi connectivity index (χ3v) is 4.47. The topological polar surface area (TPSA) is 83.5 Å². The van der Waals surface area contributed by atoms with Crippen LogP contribution >= 0.6 is 0 Å². The molecule has 0 heterocycles. The normalized spacial score (nSPS) is 11.3. The summed E-state index contributed by atoms with van der Waals surface area (Å²) in [5.41, 5.74) is 2.37. The standard InChI is InChI=1S/C17H19NO4S/c1-3-4-13-6-8-14(9-7-13)17(19)18-15-10-5-12(2)16(11-15)23(20,21)22/h5-11H,3-4H2,1-2H3,(H,18,19)(H,20,21,22). The van der Waals surface area contributed by atoms with Crippen LogP contribution in [0.5, 0.6) is 0 Å². The van der Waals surface area contributed by atoms with Gasteiger partial charge in [0.25, 0.3) is 16.0 Å². The third-order valence-electron chi connectivity index (χ3n) is 3.48. The molecule has 0 fully saturated rings. The predicted molar refractivity (Wildman–Crippen MR) is 89.4 cm³/mol. The SMILES string of the molecule is CCCc1ccc(C(=O)Nc2ccc(C)c(S(=O)(=O)O)c2)cc1. The smallest absolute Gasteiger partial charge is 0.294 e. The number of benzene rings is 2. The molecule has 0 aromatic heterocycles. The maximum Gasteiger partial charge on any atom is 0.294 e. The Morgan fingerprint density at radius 3 is 2.35 bits per heavy atom. The number of carbonyl (C=O) groups is 1. The Labute approximate surface area is 136 Å². The van der Waals surface area contributed by atoms with Crippen LogP contribution in [0.4, 0.5) is 5.69 Å². The molecule has 0 aliphatic rings. The van der Waals surface area contributed by atoms with Gasteiger partial charge >= 0.3 is 0 Å². The van der Waals surface area contributed by atoms with E-state index in [9.17, 15) is 17.8 Å². The fraction of sp³-hybridized carbons (Fsp3) is 0.235. The lowest BCUT2D eigenvalue weighted by Gasteiger charge is -2.09. The Bertz CT molecular complexity index is 811. The van der Waals surface area contributed by atoms with Gasteiger partial charge in [-0.1, -0.05) is 31.5 Å². The summed E-state index contributed by atoms with van der Waals surface area (Å²) in [6.07, 6.45) is 1.99. The van der Waals surface area contributed by atoms with Gasteiger partial charge in [0.1, 0.15) is 0 Å². The second kappa shape index (κ2) is 6.93. The van der Waals surface area contributed by atoms with Crippen LogP contribution in [0.25, 0.3) is 0 Å². The van der Waals surface area contributed by atoms with Crippen molar-refractivity contribution in [3.05, 3.63) is 59.2 Å². The first-order valence-electron chi connectivity index (χ1n) is 7.29. The average molecular weight is 333 g/mol. The van der Waals surface area contributed by atoms with Crippen LogP contribution < -0.4 is 5.32 Å². The van der Waals surface area contributed by atoms with Gasteiger partial charge in [0, 0.05) is 11.3 Å². The van der Waals surface area contributed by atoms with Gasteiger partial charge in [-0.2, -0.15) is 8.42 Å². The first-order valence-corrected chi connectivity index (χ1v) is 8.73. The molecule has 2 aromatic carbocycles. The number of carbonyl (C=O) groups excluding carboxylic acids is 1. The lowest BCUT2D eigenvalue weighted by atomic mass is 10.1. The van der Waals surface area contributed by atoms with Crippen molar-refractivity contribution >= 4 is 21.7 Å². The van der Waals surface area contributed by atoms with Crippen molar-refractivity contribution in [2.24, 2.45) is 0 Å². The zero-order chi connectivity index (χ0) is 17.0.